The van der Waals surface area contributed by atoms with Crippen molar-refractivity contribution in [2.75, 3.05) is 0 Å². The van der Waals surface area contributed by atoms with E-state index in [1.54, 1.807) is 0 Å². The van der Waals surface area contributed by atoms with E-state index in [0.29, 0.717) is 0 Å². The zero-order chi connectivity index (χ0) is 44.5. The van der Waals surface area contributed by atoms with Crippen LogP contribution in [-0.4, -0.2) is 13.7 Å². The van der Waals surface area contributed by atoms with Crippen molar-refractivity contribution >= 4 is 76.2 Å². The number of nitrogens with zero attached hydrogens (tertiary/aromatic N) is 3. The van der Waals surface area contributed by atoms with Gasteiger partial charge in [-0.1, -0.05) is 210 Å². The normalized spacial score (nSPS) is 10.8. The van der Waals surface area contributed by atoms with E-state index in [1.165, 1.54) is 93.3 Å². The van der Waals surface area contributed by atoms with Crippen LogP contribution in [0.5, 0.6) is 0 Å². The summed E-state index contributed by atoms with van der Waals surface area (Å²) in [5, 5.41) is 10.4. The fraction of sp³-hybridized carbons (Fsp3) is 0.0645. The molecule has 0 spiro atoms. The molecule has 0 radical (unpaired) electrons. The lowest BCUT2D eigenvalue weighted by Crippen LogP contribution is -1.94. The first-order chi connectivity index (χ1) is 32.3. The summed E-state index contributed by atoms with van der Waals surface area (Å²) in [5.41, 5.74) is 11.2. The lowest BCUT2D eigenvalue weighted by atomic mass is 10.1. The second-order valence-electron chi connectivity index (χ2n) is 15.3. The molecule has 0 unspecified atom stereocenters. The highest BCUT2D eigenvalue weighted by Crippen LogP contribution is 2.35. The maximum Gasteiger partial charge on any atom is 0.0541 e. The van der Waals surface area contributed by atoms with Gasteiger partial charge in [0.1, 0.15) is 0 Å². The first-order valence-electron chi connectivity index (χ1n) is 22.9. The fourth-order valence-corrected chi connectivity index (χ4v) is 9.14. The summed E-state index contributed by atoms with van der Waals surface area (Å²) in [6, 6.07) is 87.7. The van der Waals surface area contributed by atoms with E-state index in [-0.39, 0.29) is 0 Å². The fourth-order valence-electron chi connectivity index (χ4n) is 9.14. The number of para-hydroxylation sites is 8. The Kier molecular flexibility index (Phi) is 12.7. The molecule has 13 rings (SSSR count). The van der Waals surface area contributed by atoms with Gasteiger partial charge in [-0.25, -0.2) is 0 Å². The van der Waals surface area contributed by atoms with Crippen LogP contribution in [0.1, 0.15) is 27.7 Å². The SMILES string of the molecule is CC.CC.c1ccc(-n2c3ccccc3c3ccccc32)cc1.c1ccc(-n2c3ccccc3c3ccccc32)cc1.c1ccc2c(-n3c4ccccc4c4ccccc43)cccc2c1. The average Bonchev–Trinajstić information content (AvgIpc) is 4.04. The Hall–Kier alpha value is -8.14. The Labute approximate surface area is 381 Å². The quantitative estimate of drug-likeness (QED) is 0.168. The van der Waals surface area contributed by atoms with E-state index in [9.17, 15) is 0 Å². The number of benzene rings is 10. The number of aromatic nitrogens is 3. The van der Waals surface area contributed by atoms with Gasteiger partial charge < -0.3 is 13.7 Å². The third-order valence-electron chi connectivity index (χ3n) is 11.8. The van der Waals surface area contributed by atoms with Crippen LogP contribution in [0.4, 0.5) is 0 Å². The minimum Gasteiger partial charge on any atom is -0.309 e. The topological polar surface area (TPSA) is 14.8 Å². The van der Waals surface area contributed by atoms with Gasteiger partial charge in [0.25, 0.3) is 0 Å². The summed E-state index contributed by atoms with van der Waals surface area (Å²) in [4.78, 5) is 0. The lowest BCUT2D eigenvalue weighted by Gasteiger charge is -2.11. The van der Waals surface area contributed by atoms with Crippen LogP contribution in [0.2, 0.25) is 0 Å². The highest BCUT2D eigenvalue weighted by molar-refractivity contribution is 6.11. The number of fused-ring (bicyclic) bond motifs is 10. The van der Waals surface area contributed by atoms with E-state index in [1.807, 2.05) is 27.7 Å². The van der Waals surface area contributed by atoms with Crippen LogP contribution in [0.25, 0.3) is 93.3 Å². The van der Waals surface area contributed by atoms with Gasteiger partial charge in [-0.2, -0.15) is 0 Å². The average molecular weight is 840 g/mol. The Morgan fingerprint density at radius 1 is 0.200 bits per heavy atom. The summed E-state index contributed by atoms with van der Waals surface area (Å²) < 4.78 is 7.03. The van der Waals surface area contributed by atoms with Gasteiger partial charge in [0.15, 0.2) is 0 Å². The van der Waals surface area contributed by atoms with Crippen molar-refractivity contribution < 1.29 is 0 Å². The predicted molar refractivity (Wildman–Crippen MR) is 283 cm³/mol. The molecule has 13 aromatic rings. The maximum absolute atomic E-state index is 2.38. The number of hydrogen-bond acceptors (Lipinski definition) is 0. The summed E-state index contributed by atoms with van der Waals surface area (Å²) in [6.07, 6.45) is 0. The highest BCUT2D eigenvalue weighted by Gasteiger charge is 2.14. The minimum absolute atomic E-state index is 1.21. The zero-order valence-electron chi connectivity index (χ0n) is 37.5. The number of rotatable bonds is 3. The van der Waals surface area contributed by atoms with Crippen molar-refractivity contribution in [3.8, 4) is 17.1 Å². The summed E-state index contributed by atoms with van der Waals surface area (Å²) in [7, 11) is 0. The molecule has 65 heavy (non-hydrogen) atoms. The van der Waals surface area contributed by atoms with Crippen molar-refractivity contribution in [3.05, 3.63) is 249 Å². The van der Waals surface area contributed by atoms with E-state index in [4.69, 9.17) is 0 Å². The van der Waals surface area contributed by atoms with E-state index >= 15 is 0 Å². The molecule has 3 heteroatoms. The molecule has 0 saturated carbocycles. The predicted octanol–water partition coefficient (Wildman–Crippen LogP) is 17.6. The Morgan fingerprint density at radius 3 is 0.785 bits per heavy atom. The molecule has 0 aliphatic heterocycles. The molecular weight excluding hydrogens is 787 g/mol. The van der Waals surface area contributed by atoms with Crippen LogP contribution >= 0.6 is 0 Å². The number of hydrogen-bond donors (Lipinski definition) is 0. The van der Waals surface area contributed by atoms with Crippen molar-refractivity contribution in [2.24, 2.45) is 0 Å². The van der Waals surface area contributed by atoms with Crippen molar-refractivity contribution in [1.29, 1.82) is 0 Å². The van der Waals surface area contributed by atoms with E-state index in [0.717, 1.165) is 0 Å². The lowest BCUT2D eigenvalue weighted by molar-refractivity contribution is 1.18. The van der Waals surface area contributed by atoms with Gasteiger partial charge in [0.05, 0.1) is 38.8 Å². The van der Waals surface area contributed by atoms with Gasteiger partial charge in [0, 0.05) is 49.1 Å². The van der Waals surface area contributed by atoms with Gasteiger partial charge in [-0.3, -0.25) is 0 Å². The smallest absolute Gasteiger partial charge is 0.0541 e. The van der Waals surface area contributed by atoms with Gasteiger partial charge in [-0.15, -0.1) is 0 Å². The molecule has 316 valence electrons. The largest absolute Gasteiger partial charge is 0.309 e. The summed E-state index contributed by atoms with van der Waals surface area (Å²) in [6.45, 7) is 8.00. The van der Waals surface area contributed by atoms with Gasteiger partial charge in [0.2, 0.25) is 0 Å². The van der Waals surface area contributed by atoms with Gasteiger partial charge in [-0.05, 0) is 72.1 Å². The Balaban J connectivity index is 0.000000119. The molecule has 0 fully saturated rings. The standard InChI is InChI=1S/C22H15N.2C18H13N.2C2H6/c1-2-10-17-16(8-1)9-7-15-20(17)23-21-13-5-3-11-18(21)19-12-4-6-14-22(19)23;2*1-2-8-14(9-3-1)19-17-12-6-4-10-15(17)16-11-5-7-13-18(16)19;2*1-2/h1-15H;2*1-13H;2*1-2H3. The van der Waals surface area contributed by atoms with E-state index in [2.05, 4.69) is 262 Å². The van der Waals surface area contributed by atoms with Crippen molar-refractivity contribution in [1.82, 2.24) is 13.7 Å². The van der Waals surface area contributed by atoms with Crippen molar-refractivity contribution in [3.63, 3.8) is 0 Å². The van der Waals surface area contributed by atoms with Crippen molar-refractivity contribution in [2.45, 2.75) is 27.7 Å². The monoisotopic (exact) mass is 839 g/mol. The molecule has 3 nitrogen and oxygen atoms in total. The van der Waals surface area contributed by atoms with Crippen LogP contribution in [0.3, 0.4) is 0 Å². The molecule has 0 atom stereocenters. The summed E-state index contributed by atoms with van der Waals surface area (Å²) >= 11 is 0. The second-order valence-corrected chi connectivity index (χ2v) is 15.3. The Morgan fingerprint density at radius 2 is 0.446 bits per heavy atom. The molecule has 0 saturated heterocycles. The molecule has 3 aromatic heterocycles. The molecule has 0 amide bonds. The molecule has 0 aliphatic rings. The second kappa shape index (κ2) is 19.5. The highest BCUT2D eigenvalue weighted by atomic mass is 15.0. The van der Waals surface area contributed by atoms with Crippen LogP contribution in [0, 0.1) is 0 Å². The molecule has 3 heterocycles. The maximum atomic E-state index is 2.38. The van der Waals surface area contributed by atoms with E-state index < -0.39 is 0 Å². The van der Waals surface area contributed by atoms with Crippen LogP contribution in [-0.2, 0) is 0 Å². The molecular formula is C62H53N3. The van der Waals surface area contributed by atoms with Crippen LogP contribution in [0.15, 0.2) is 249 Å². The Bertz CT molecular complexity index is 3330. The van der Waals surface area contributed by atoms with Gasteiger partial charge >= 0.3 is 0 Å². The zero-order valence-corrected chi connectivity index (χ0v) is 37.5. The molecule has 0 bridgehead atoms. The molecule has 10 aromatic carbocycles. The minimum atomic E-state index is 1.21. The molecule has 0 aliphatic carbocycles. The van der Waals surface area contributed by atoms with Crippen LogP contribution < -0.4 is 0 Å². The molecule has 0 N–H and O–H groups in total. The first kappa shape index (κ1) is 42.2. The third-order valence-corrected chi connectivity index (χ3v) is 11.8. The third kappa shape index (κ3) is 7.94. The summed E-state index contributed by atoms with van der Waals surface area (Å²) in [5.74, 6) is 0. The first-order valence-corrected chi connectivity index (χ1v) is 22.9.